The average Bonchev–Trinajstić information content (AvgIpc) is 2.98. The third kappa shape index (κ3) is 3.51. The van der Waals surface area contributed by atoms with Crippen molar-refractivity contribution in [2.24, 2.45) is 5.92 Å². The minimum atomic E-state index is -0.263. The van der Waals surface area contributed by atoms with Crippen molar-refractivity contribution in [2.75, 3.05) is 5.32 Å². The van der Waals surface area contributed by atoms with E-state index in [0.29, 0.717) is 22.0 Å². The van der Waals surface area contributed by atoms with Crippen molar-refractivity contribution in [2.45, 2.75) is 39.7 Å². The summed E-state index contributed by atoms with van der Waals surface area (Å²) in [5.41, 5.74) is 2.56. The van der Waals surface area contributed by atoms with Gasteiger partial charge in [0.2, 0.25) is 5.91 Å². The minimum Gasteiger partial charge on any atom is -0.324 e. The van der Waals surface area contributed by atoms with Gasteiger partial charge < -0.3 is 5.32 Å². The number of nitrogens with one attached hydrogen (secondary N) is 1. The fourth-order valence-corrected chi connectivity index (χ4v) is 5.16. The lowest BCUT2D eigenvalue weighted by molar-refractivity contribution is -0.116. The normalized spacial score (nSPS) is 16.3. The highest BCUT2D eigenvalue weighted by atomic mass is 35.5. The molecular formula is C20H20ClN3O2S. The first kappa shape index (κ1) is 18.2. The molecule has 4 rings (SSSR count). The van der Waals surface area contributed by atoms with E-state index in [0.717, 1.165) is 35.2 Å². The van der Waals surface area contributed by atoms with Gasteiger partial charge in [-0.1, -0.05) is 18.5 Å². The van der Waals surface area contributed by atoms with Gasteiger partial charge in [-0.2, -0.15) is 0 Å². The molecule has 2 heterocycles. The maximum absolute atomic E-state index is 13.0. The predicted molar refractivity (Wildman–Crippen MR) is 110 cm³/mol. The first-order valence-electron chi connectivity index (χ1n) is 8.98. The number of carbonyl (C=O) groups is 1. The zero-order valence-electron chi connectivity index (χ0n) is 15.2. The second-order valence-corrected chi connectivity index (χ2v) is 8.74. The van der Waals surface area contributed by atoms with Gasteiger partial charge in [-0.05, 0) is 61.4 Å². The standard InChI is InChI=1S/C20H20ClN3O2S/c1-11-3-5-14-16(7-11)27-19-18(14)20(26)24(10-22-19)9-17(25)23-15-6-4-13(21)8-12(15)2/h4,6,8,10-11H,3,5,7,9H2,1-2H3,(H,23,25). The maximum Gasteiger partial charge on any atom is 0.262 e. The third-order valence-electron chi connectivity index (χ3n) is 5.06. The Hall–Kier alpha value is -2.18. The lowest BCUT2D eigenvalue weighted by Gasteiger charge is -2.17. The summed E-state index contributed by atoms with van der Waals surface area (Å²) in [6.07, 6.45) is 4.48. The van der Waals surface area contributed by atoms with E-state index in [-0.39, 0.29) is 18.0 Å². The molecule has 3 aromatic rings. The molecule has 0 fully saturated rings. The molecule has 0 radical (unpaired) electrons. The average molecular weight is 402 g/mol. The Balaban J connectivity index is 1.61. The minimum absolute atomic E-state index is 0.0646. The molecule has 140 valence electrons. The number of nitrogens with zero attached hydrogens (tertiary/aromatic N) is 2. The van der Waals surface area contributed by atoms with Crippen LogP contribution in [0.4, 0.5) is 5.69 Å². The fraction of sp³-hybridized carbons (Fsp3) is 0.350. The molecule has 1 aromatic carbocycles. The molecule has 0 aliphatic heterocycles. The second-order valence-electron chi connectivity index (χ2n) is 7.22. The molecule has 0 saturated heterocycles. The van der Waals surface area contributed by atoms with E-state index >= 15 is 0 Å². The summed E-state index contributed by atoms with van der Waals surface area (Å²) in [5.74, 6) is 0.377. The number of thiophene rings is 1. The summed E-state index contributed by atoms with van der Waals surface area (Å²) in [5, 5.41) is 4.15. The molecule has 1 atom stereocenters. The van der Waals surface area contributed by atoms with Crippen LogP contribution in [0.15, 0.2) is 29.3 Å². The second kappa shape index (κ2) is 7.09. The monoisotopic (exact) mass is 401 g/mol. The Morgan fingerprint density at radius 1 is 1.44 bits per heavy atom. The Morgan fingerprint density at radius 3 is 3.04 bits per heavy atom. The number of aryl methyl sites for hydroxylation is 2. The number of hydrogen-bond donors (Lipinski definition) is 1. The number of amides is 1. The first-order chi connectivity index (χ1) is 12.9. The van der Waals surface area contributed by atoms with E-state index in [9.17, 15) is 9.59 Å². The molecule has 1 aliphatic rings. The fourth-order valence-electron chi connectivity index (χ4n) is 3.59. The highest BCUT2D eigenvalue weighted by Gasteiger charge is 2.23. The van der Waals surface area contributed by atoms with Crippen molar-refractivity contribution in [3.05, 3.63) is 55.9 Å². The molecule has 5 nitrogen and oxygen atoms in total. The van der Waals surface area contributed by atoms with Gasteiger partial charge >= 0.3 is 0 Å². The van der Waals surface area contributed by atoms with Crippen LogP contribution in [-0.4, -0.2) is 15.5 Å². The lowest BCUT2D eigenvalue weighted by atomic mass is 9.89. The molecule has 27 heavy (non-hydrogen) atoms. The number of benzene rings is 1. The van der Waals surface area contributed by atoms with E-state index in [2.05, 4.69) is 17.2 Å². The van der Waals surface area contributed by atoms with Crippen LogP contribution >= 0.6 is 22.9 Å². The molecule has 0 saturated carbocycles. The number of carbonyl (C=O) groups excluding carboxylic acids is 1. The summed E-state index contributed by atoms with van der Waals surface area (Å²) < 4.78 is 1.40. The molecule has 2 aromatic heterocycles. The van der Waals surface area contributed by atoms with E-state index < -0.39 is 0 Å². The SMILES string of the molecule is Cc1cc(Cl)ccc1NC(=O)Cn1cnc2sc3c(c2c1=O)CCC(C)C3. The number of hydrogen-bond acceptors (Lipinski definition) is 4. The van der Waals surface area contributed by atoms with E-state index in [1.807, 2.05) is 6.92 Å². The number of rotatable bonds is 3. The Kier molecular flexibility index (Phi) is 4.78. The van der Waals surface area contributed by atoms with Crippen LogP contribution in [0.25, 0.3) is 10.2 Å². The molecule has 1 N–H and O–H groups in total. The third-order valence-corrected chi connectivity index (χ3v) is 6.46. The van der Waals surface area contributed by atoms with Crippen LogP contribution in [0.1, 0.15) is 29.3 Å². The Labute approximate surface area is 166 Å². The van der Waals surface area contributed by atoms with Gasteiger partial charge in [-0.15, -0.1) is 11.3 Å². The molecule has 1 aliphatic carbocycles. The van der Waals surface area contributed by atoms with Crippen LogP contribution in [0.5, 0.6) is 0 Å². The Morgan fingerprint density at radius 2 is 2.26 bits per heavy atom. The number of fused-ring (bicyclic) bond motifs is 3. The first-order valence-corrected chi connectivity index (χ1v) is 10.2. The van der Waals surface area contributed by atoms with Crippen LogP contribution < -0.4 is 10.9 Å². The maximum atomic E-state index is 13.0. The number of halogens is 1. The van der Waals surface area contributed by atoms with Gasteiger partial charge in [-0.25, -0.2) is 4.98 Å². The van der Waals surface area contributed by atoms with Crippen molar-refractivity contribution < 1.29 is 4.79 Å². The number of aromatic nitrogens is 2. The van der Waals surface area contributed by atoms with Crippen LogP contribution in [0.2, 0.25) is 5.02 Å². The van der Waals surface area contributed by atoms with E-state index in [1.165, 1.54) is 15.8 Å². The van der Waals surface area contributed by atoms with Crippen molar-refractivity contribution in [1.29, 1.82) is 0 Å². The summed E-state index contributed by atoms with van der Waals surface area (Å²) in [6, 6.07) is 5.27. The van der Waals surface area contributed by atoms with Crippen molar-refractivity contribution in [3.8, 4) is 0 Å². The van der Waals surface area contributed by atoms with E-state index in [4.69, 9.17) is 11.6 Å². The van der Waals surface area contributed by atoms with Gasteiger partial charge in [0.15, 0.2) is 0 Å². The van der Waals surface area contributed by atoms with Crippen LogP contribution in [-0.2, 0) is 24.2 Å². The smallest absolute Gasteiger partial charge is 0.262 e. The van der Waals surface area contributed by atoms with Gasteiger partial charge in [-0.3, -0.25) is 14.2 Å². The summed E-state index contributed by atoms with van der Waals surface area (Å²) >= 11 is 7.56. The predicted octanol–water partition coefficient (Wildman–Crippen LogP) is 4.18. The van der Waals surface area contributed by atoms with Gasteiger partial charge in [0.05, 0.1) is 11.7 Å². The zero-order chi connectivity index (χ0) is 19.1. The summed E-state index contributed by atoms with van der Waals surface area (Å²) in [6.45, 7) is 4.05. The summed E-state index contributed by atoms with van der Waals surface area (Å²) in [7, 11) is 0. The van der Waals surface area contributed by atoms with Crippen LogP contribution in [0.3, 0.4) is 0 Å². The van der Waals surface area contributed by atoms with Gasteiger partial charge in [0.25, 0.3) is 5.56 Å². The van der Waals surface area contributed by atoms with Crippen molar-refractivity contribution in [1.82, 2.24) is 9.55 Å². The number of anilines is 1. The topological polar surface area (TPSA) is 64.0 Å². The Bertz CT molecular complexity index is 1100. The van der Waals surface area contributed by atoms with Crippen LogP contribution in [0, 0.1) is 12.8 Å². The molecule has 7 heteroatoms. The quantitative estimate of drug-likeness (QED) is 0.715. The van der Waals surface area contributed by atoms with Gasteiger partial charge in [0.1, 0.15) is 11.4 Å². The van der Waals surface area contributed by atoms with E-state index in [1.54, 1.807) is 29.5 Å². The molecule has 1 amide bonds. The summed E-state index contributed by atoms with van der Waals surface area (Å²) in [4.78, 5) is 31.9. The van der Waals surface area contributed by atoms with Gasteiger partial charge in [0, 0.05) is 15.6 Å². The highest BCUT2D eigenvalue weighted by molar-refractivity contribution is 7.18. The van der Waals surface area contributed by atoms with Crippen molar-refractivity contribution >= 4 is 44.7 Å². The van der Waals surface area contributed by atoms with Crippen molar-refractivity contribution in [3.63, 3.8) is 0 Å². The largest absolute Gasteiger partial charge is 0.324 e. The lowest BCUT2D eigenvalue weighted by Crippen LogP contribution is -2.28. The highest BCUT2D eigenvalue weighted by Crippen LogP contribution is 2.35. The zero-order valence-corrected chi connectivity index (χ0v) is 16.8. The molecule has 1 unspecified atom stereocenters. The molecule has 0 bridgehead atoms. The molecule has 0 spiro atoms. The molecular weight excluding hydrogens is 382 g/mol.